The average Bonchev–Trinajstić information content (AvgIpc) is 3.43. The molecule has 2 aliphatic rings. The zero-order chi connectivity index (χ0) is 23.4. The molecular formula is C26H28F2N2O3. The van der Waals surface area contributed by atoms with Crippen LogP contribution in [0.3, 0.4) is 0 Å². The monoisotopic (exact) mass is 454 g/mol. The van der Waals surface area contributed by atoms with Crippen LogP contribution in [0.5, 0.6) is 5.75 Å². The maximum absolute atomic E-state index is 13.0. The summed E-state index contributed by atoms with van der Waals surface area (Å²) in [6.45, 7) is 6.39. The number of aliphatic hydroxyl groups excluding tert-OH is 1. The van der Waals surface area contributed by atoms with E-state index in [-0.39, 0.29) is 18.8 Å². The number of halogens is 2. The van der Waals surface area contributed by atoms with Gasteiger partial charge < -0.3 is 15.2 Å². The molecule has 1 amide bonds. The van der Waals surface area contributed by atoms with E-state index in [1.807, 2.05) is 42.5 Å². The van der Waals surface area contributed by atoms with Gasteiger partial charge in [-0.15, -0.1) is 0 Å². The number of hydrogen-bond acceptors (Lipinski definition) is 4. The van der Waals surface area contributed by atoms with Crippen molar-refractivity contribution < 1.29 is 23.4 Å². The van der Waals surface area contributed by atoms with E-state index in [4.69, 9.17) is 4.74 Å². The summed E-state index contributed by atoms with van der Waals surface area (Å²) in [5, 5.41) is 12.2. The van der Waals surface area contributed by atoms with Crippen molar-refractivity contribution in [1.29, 1.82) is 0 Å². The first kappa shape index (κ1) is 23.0. The highest BCUT2D eigenvalue weighted by Crippen LogP contribution is 2.48. The molecule has 1 saturated carbocycles. The molecule has 0 bridgehead atoms. The van der Waals surface area contributed by atoms with E-state index in [9.17, 15) is 18.7 Å². The number of fused-ring (bicyclic) bond motifs is 1. The van der Waals surface area contributed by atoms with Crippen LogP contribution in [0.25, 0.3) is 0 Å². The van der Waals surface area contributed by atoms with E-state index in [2.05, 4.69) is 16.8 Å². The average molecular weight is 455 g/mol. The predicted octanol–water partition coefficient (Wildman–Crippen LogP) is 4.52. The lowest BCUT2D eigenvalue weighted by Crippen LogP contribution is -2.30. The Morgan fingerprint density at radius 1 is 1.21 bits per heavy atom. The Labute approximate surface area is 192 Å². The van der Waals surface area contributed by atoms with Gasteiger partial charge in [0, 0.05) is 32.6 Å². The van der Waals surface area contributed by atoms with Crippen LogP contribution in [0.4, 0.5) is 8.78 Å². The topological polar surface area (TPSA) is 61.8 Å². The molecule has 0 radical (unpaired) electrons. The molecule has 7 heteroatoms. The highest BCUT2D eigenvalue weighted by molar-refractivity contribution is 5.91. The number of benzene rings is 2. The zero-order valence-electron chi connectivity index (χ0n) is 18.4. The van der Waals surface area contributed by atoms with Crippen molar-refractivity contribution in [3.05, 3.63) is 89.2 Å². The van der Waals surface area contributed by atoms with Crippen LogP contribution in [-0.2, 0) is 30.8 Å². The molecule has 5 nitrogen and oxygen atoms in total. The third-order valence-corrected chi connectivity index (χ3v) is 6.07. The third-order valence-electron chi connectivity index (χ3n) is 6.07. The molecule has 4 rings (SSSR count). The molecule has 2 aromatic carbocycles. The van der Waals surface area contributed by atoms with Gasteiger partial charge in [0.05, 0.1) is 12.5 Å². The third kappa shape index (κ3) is 5.99. The highest BCUT2D eigenvalue weighted by Gasteiger charge is 2.57. The van der Waals surface area contributed by atoms with Crippen molar-refractivity contribution >= 4 is 5.91 Å². The summed E-state index contributed by atoms with van der Waals surface area (Å²) in [6.07, 6.45) is 3.42. The molecule has 33 heavy (non-hydrogen) atoms. The predicted molar refractivity (Wildman–Crippen MR) is 122 cm³/mol. The van der Waals surface area contributed by atoms with Crippen LogP contribution in [-0.4, -0.2) is 35.0 Å². The van der Waals surface area contributed by atoms with Gasteiger partial charge in [-0.1, -0.05) is 43.0 Å². The molecule has 1 atom stereocenters. The normalized spacial score (nSPS) is 19.5. The Morgan fingerprint density at radius 2 is 1.94 bits per heavy atom. The number of carbonyl (C=O) groups is 1. The number of allylic oxidation sites excluding steroid dienone is 2. The Morgan fingerprint density at radius 3 is 2.64 bits per heavy atom. The van der Waals surface area contributed by atoms with Gasteiger partial charge in [-0.05, 0) is 46.9 Å². The summed E-state index contributed by atoms with van der Waals surface area (Å²) < 4.78 is 31.6. The minimum absolute atomic E-state index is 0.0703. The maximum atomic E-state index is 13.0. The van der Waals surface area contributed by atoms with Crippen molar-refractivity contribution in [2.24, 2.45) is 5.92 Å². The lowest BCUT2D eigenvalue weighted by molar-refractivity contribution is -0.120. The van der Waals surface area contributed by atoms with E-state index >= 15 is 0 Å². The Balaban J connectivity index is 1.26. The standard InChI is InChI=1S/C26H28F2N2O3/c1-2-3-24(31)25(32)29-14-18-4-6-19(7-5-18)15-30-11-10-20-12-23(9-8-21(20)16-30)33-17-22-13-26(22,27)28/h2-9,12,22,31H,1,10-11,13-17H2,(H,29,32)/b24-3-. The number of nitrogens with zero attached hydrogens (tertiary/aromatic N) is 1. The van der Waals surface area contributed by atoms with Crippen molar-refractivity contribution in [3.8, 4) is 5.75 Å². The molecule has 1 heterocycles. The summed E-state index contributed by atoms with van der Waals surface area (Å²) in [4.78, 5) is 14.1. The van der Waals surface area contributed by atoms with Crippen LogP contribution >= 0.6 is 0 Å². The molecule has 0 aromatic heterocycles. The van der Waals surface area contributed by atoms with Gasteiger partial charge >= 0.3 is 0 Å². The van der Waals surface area contributed by atoms with E-state index in [0.29, 0.717) is 12.3 Å². The summed E-state index contributed by atoms with van der Waals surface area (Å²) in [5.41, 5.74) is 4.57. The molecule has 174 valence electrons. The summed E-state index contributed by atoms with van der Waals surface area (Å²) in [6, 6.07) is 13.9. The highest BCUT2D eigenvalue weighted by atomic mass is 19.3. The molecular weight excluding hydrogens is 426 g/mol. The van der Waals surface area contributed by atoms with Gasteiger partial charge in [0.25, 0.3) is 11.8 Å². The Kier molecular flexibility index (Phi) is 6.79. The quantitative estimate of drug-likeness (QED) is 0.332. The van der Waals surface area contributed by atoms with Crippen LogP contribution in [0.2, 0.25) is 0 Å². The minimum Gasteiger partial charge on any atom is -0.503 e. The number of rotatable bonds is 9. The maximum Gasteiger partial charge on any atom is 0.286 e. The van der Waals surface area contributed by atoms with E-state index in [1.54, 1.807) is 0 Å². The Bertz CT molecular complexity index is 1050. The van der Waals surface area contributed by atoms with Crippen LogP contribution in [0, 0.1) is 5.92 Å². The molecule has 1 aliphatic heterocycles. The SMILES string of the molecule is C=C/C=C(\O)C(=O)NCc1ccc(CN2CCc3cc(OCC4CC4(F)F)ccc3C2)cc1. The second-order valence-corrected chi connectivity index (χ2v) is 8.65. The molecule has 2 aromatic rings. The fourth-order valence-electron chi connectivity index (χ4n) is 3.94. The minimum atomic E-state index is -2.55. The van der Waals surface area contributed by atoms with Crippen molar-refractivity contribution in [2.75, 3.05) is 13.2 Å². The summed E-state index contributed by atoms with van der Waals surface area (Å²) >= 11 is 0. The van der Waals surface area contributed by atoms with Gasteiger partial charge in [0.15, 0.2) is 5.76 Å². The fourth-order valence-corrected chi connectivity index (χ4v) is 3.94. The van der Waals surface area contributed by atoms with Gasteiger partial charge in [-0.3, -0.25) is 9.69 Å². The smallest absolute Gasteiger partial charge is 0.286 e. The number of alkyl halides is 2. The summed E-state index contributed by atoms with van der Waals surface area (Å²) in [5.74, 6) is -3.43. The van der Waals surface area contributed by atoms with E-state index in [1.165, 1.54) is 28.8 Å². The van der Waals surface area contributed by atoms with Crippen molar-refractivity contribution in [1.82, 2.24) is 10.2 Å². The van der Waals surface area contributed by atoms with Gasteiger partial charge in [0.2, 0.25) is 0 Å². The number of aliphatic hydroxyl groups is 1. The molecule has 1 unspecified atom stereocenters. The summed E-state index contributed by atoms with van der Waals surface area (Å²) in [7, 11) is 0. The van der Waals surface area contributed by atoms with Gasteiger partial charge in [0.1, 0.15) is 5.75 Å². The number of hydrogen-bond donors (Lipinski definition) is 2. The first-order valence-corrected chi connectivity index (χ1v) is 11.1. The lowest BCUT2D eigenvalue weighted by Gasteiger charge is -2.29. The van der Waals surface area contributed by atoms with Crippen LogP contribution in [0.15, 0.2) is 67.0 Å². The van der Waals surface area contributed by atoms with Crippen LogP contribution in [0.1, 0.15) is 28.7 Å². The molecule has 1 aliphatic carbocycles. The lowest BCUT2D eigenvalue weighted by atomic mass is 9.99. The fraction of sp³-hybridized carbons (Fsp3) is 0.346. The van der Waals surface area contributed by atoms with Crippen molar-refractivity contribution in [3.63, 3.8) is 0 Å². The molecule has 0 spiro atoms. The second-order valence-electron chi connectivity index (χ2n) is 8.65. The number of carbonyl (C=O) groups excluding carboxylic acids is 1. The largest absolute Gasteiger partial charge is 0.503 e. The zero-order valence-corrected chi connectivity index (χ0v) is 18.4. The number of amides is 1. The molecule has 2 N–H and O–H groups in total. The first-order valence-electron chi connectivity index (χ1n) is 11.1. The Hall–Kier alpha value is -3.19. The molecule has 0 saturated heterocycles. The van der Waals surface area contributed by atoms with Gasteiger partial charge in [-0.25, -0.2) is 8.78 Å². The van der Waals surface area contributed by atoms with Crippen LogP contribution < -0.4 is 10.1 Å². The van der Waals surface area contributed by atoms with Gasteiger partial charge in [-0.2, -0.15) is 0 Å². The van der Waals surface area contributed by atoms with Crippen molar-refractivity contribution in [2.45, 2.75) is 38.4 Å². The first-order chi connectivity index (χ1) is 15.8. The molecule has 1 fully saturated rings. The van der Waals surface area contributed by atoms with E-state index in [0.717, 1.165) is 31.6 Å². The number of ether oxygens (including phenoxy) is 1. The second kappa shape index (κ2) is 9.75. The van der Waals surface area contributed by atoms with E-state index < -0.39 is 17.7 Å². The number of nitrogens with one attached hydrogen (secondary N) is 1.